The van der Waals surface area contributed by atoms with Crippen molar-refractivity contribution in [3.63, 3.8) is 0 Å². The Morgan fingerprint density at radius 3 is 2.46 bits per heavy atom. The molecule has 0 aliphatic rings. The molecule has 2 aromatic rings. The number of benzene rings is 1. The second kappa shape index (κ2) is 10.1. The minimum Gasteiger partial charge on any atom is -0.481 e. The Labute approximate surface area is 162 Å². The first-order chi connectivity index (χ1) is 13.4. The van der Waals surface area contributed by atoms with E-state index >= 15 is 0 Å². The van der Waals surface area contributed by atoms with Crippen LogP contribution in [0.2, 0.25) is 0 Å². The van der Waals surface area contributed by atoms with Gasteiger partial charge in [-0.1, -0.05) is 6.92 Å². The molecule has 0 saturated carbocycles. The van der Waals surface area contributed by atoms with Crippen LogP contribution in [0.15, 0.2) is 42.6 Å². The van der Waals surface area contributed by atoms with Gasteiger partial charge in [-0.2, -0.15) is 0 Å². The molecule has 0 fully saturated rings. The van der Waals surface area contributed by atoms with Crippen LogP contribution in [-0.4, -0.2) is 40.5 Å². The van der Waals surface area contributed by atoms with E-state index in [-0.39, 0.29) is 30.9 Å². The number of nitrogens with zero attached hydrogens (tertiary/aromatic N) is 1. The molecule has 148 valence electrons. The maximum Gasteiger partial charge on any atom is 0.305 e. The van der Waals surface area contributed by atoms with E-state index in [9.17, 15) is 14.4 Å². The van der Waals surface area contributed by atoms with Crippen molar-refractivity contribution < 1.29 is 24.2 Å². The summed E-state index contributed by atoms with van der Waals surface area (Å²) in [5, 5.41) is 13.8. The van der Waals surface area contributed by atoms with Crippen molar-refractivity contribution in [2.75, 3.05) is 11.9 Å². The first-order valence-electron chi connectivity index (χ1n) is 8.93. The van der Waals surface area contributed by atoms with Crippen LogP contribution in [0.1, 0.15) is 47.4 Å². The largest absolute Gasteiger partial charge is 0.481 e. The number of carbonyl (C=O) groups excluding carboxylic acids is 2. The number of hydrogen-bond donors (Lipinski definition) is 3. The van der Waals surface area contributed by atoms with Crippen LogP contribution in [0.5, 0.6) is 5.88 Å². The highest BCUT2D eigenvalue weighted by molar-refractivity contribution is 6.04. The van der Waals surface area contributed by atoms with Gasteiger partial charge in [-0.05, 0) is 43.7 Å². The summed E-state index contributed by atoms with van der Waals surface area (Å²) in [6.07, 6.45) is 2.19. The Morgan fingerprint density at radius 2 is 1.82 bits per heavy atom. The van der Waals surface area contributed by atoms with E-state index in [4.69, 9.17) is 9.84 Å². The van der Waals surface area contributed by atoms with Gasteiger partial charge in [0.05, 0.1) is 12.5 Å². The van der Waals surface area contributed by atoms with Gasteiger partial charge in [0.2, 0.25) is 5.88 Å². The van der Waals surface area contributed by atoms with Crippen molar-refractivity contribution in [1.82, 2.24) is 10.3 Å². The highest BCUT2D eigenvalue weighted by Crippen LogP contribution is 2.15. The Balaban J connectivity index is 1.96. The molecule has 0 radical (unpaired) electrons. The van der Waals surface area contributed by atoms with Gasteiger partial charge in [-0.3, -0.25) is 14.4 Å². The third-order valence-corrected chi connectivity index (χ3v) is 3.92. The maximum absolute atomic E-state index is 12.4. The molecule has 28 heavy (non-hydrogen) atoms. The summed E-state index contributed by atoms with van der Waals surface area (Å²) >= 11 is 0. The first-order valence-corrected chi connectivity index (χ1v) is 8.93. The predicted molar refractivity (Wildman–Crippen MR) is 104 cm³/mol. The summed E-state index contributed by atoms with van der Waals surface area (Å²) in [6, 6.07) is 9.46. The number of carboxylic acid groups (broad SMARTS) is 1. The molecule has 0 aliphatic heterocycles. The van der Waals surface area contributed by atoms with Crippen LogP contribution in [0.3, 0.4) is 0 Å². The SMILES string of the molecule is CCC(C)Oc1cc(C(=O)Nc2ccc(C(=O)NCCC(=O)O)cc2)ccn1. The van der Waals surface area contributed by atoms with Crippen LogP contribution < -0.4 is 15.4 Å². The Morgan fingerprint density at radius 1 is 1.11 bits per heavy atom. The molecule has 0 aliphatic carbocycles. The quantitative estimate of drug-likeness (QED) is 0.611. The third kappa shape index (κ3) is 6.39. The Bertz CT molecular complexity index is 836. The maximum atomic E-state index is 12.4. The topological polar surface area (TPSA) is 118 Å². The first kappa shape index (κ1) is 20.9. The zero-order valence-corrected chi connectivity index (χ0v) is 15.8. The molecule has 3 N–H and O–H groups in total. The number of rotatable bonds is 9. The highest BCUT2D eigenvalue weighted by atomic mass is 16.5. The average molecular weight is 385 g/mol. The third-order valence-electron chi connectivity index (χ3n) is 3.92. The fourth-order valence-corrected chi connectivity index (χ4v) is 2.20. The number of hydrogen-bond acceptors (Lipinski definition) is 5. The van der Waals surface area contributed by atoms with E-state index in [0.29, 0.717) is 22.7 Å². The monoisotopic (exact) mass is 385 g/mol. The summed E-state index contributed by atoms with van der Waals surface area (Å²) in [7, 11) is 0. The van der Waals surface area contributed by atoms with E-state index in [2.05, 4.69) is 15.6 Å². The smallest absolute Gasteiger partial charge is 0.305 e. The van der Waals surface area contributed by atoms with Crippen LogP contribution in [0.4, 0.5) is 5.69 Å². The normalized spacial score (nSPS) is 11.4. The molecule has 0 bridgehead atoms. The summed E-state index contributed by atoms with van der Waals surface area (Å²) in [6.45, 7) is 3.97. The van der Waals surface area contributed by atoms with Gasteiger partial charge in [-0.25, -0.2) is 4.98 Å². The molecule has 0 saturated heterocycles. The summed E-state index contributed by atoms with van der Waals surface area (Å²) < 4.78 is 5.62. The van der Waals surface area contributed by atoms with Gasteiger partial charge < -0.3 is 20.5 Å². The van der Waals surface area contributed by atoms with Gasteiger partial charge in [0.25, 0.3) is 11.8 Å². The molecule has 1 atom stereocenters. The zero-order chi connectivity index (χ0) is 20.5. The van der Waals surface area contributed by atoms with Crippen LogP contribution >= 0.6 is 0 Å². The fourth-order valence-electron chi connectivity index (χ4n) is 2.20. The zero-order valence-electron chi connectivity index (χ0n) is 15.8. The van der Waals surface area contributed by atoms with Gasteiger partial charge in [0, 0.05) is 35.6 Å². The number of amides is 2. The van der Waals surface area contributed by atoms with Crippen molar-refractivity contribution in [1.29, 1.82) is 0 Å². The molecule has 0 spiro atoms. The minimum absolute atomic E-state index is 0.000000553. The number of nitrogens with one attached hydrogen (secondary N) is 2. The lowest BCUT2D eigenvalue weighted by Gasteiger charge is -2.12. The molecule has 2 rings (SSSR count). The van der Waals surface area contributed by atoms with Crippen molar-refractivity contribution in [2.45, 2.75) is 32.8 Å². The molecule has 1 unspecified atom stereocenters. The molecule has 1 heterocycles. The Kier molecular flexibility index (Phi) is 7.50. The summed E-state index contributed by atoms with van der Waals surface area (Å²) in [5.74, 6) is -1.29. The van der Waals surface area contributed by atoms with Gasteiger partial charge in [0.15, 0.2) is 0 Å². The van der Waals surface area contributed by atoms with E-state index in [1.54, 1.807) is 36.4 Å². The number of ether oxygens (including phenoxy) is 1. The van der Waals surface area contributed by atoms with E-state index in [1.807, 2.05) is 13.8 Å². The summed E-state index contributed by atoms with van der Waals surface area (Å²) in [5.41, 5.74) is 1.30. The molecule has 8 heteroatoms. The van der Waals surface area contributed by atoms with Gasteiger partial charge in [0.1, 0.15) is 0 Å². The summed E-state index contributed by atoms with van der Waals surface area (Å²) in [4.78, 5) is 38.9. The van der Waals surface area contributed by atoms with Crippen molar-refractivity contribution in [3.8, 4) is 5.88 Å². The molecule has 2 amide bonds. The lowest BCUT2D eigenvalue weighted by molar-refractivity contribution is -0.136. The highest BCUT2D eigenvalue weighted by Gasteiger charge is 2.11. The molecular weight excluding hydrogens is 362 g/mol. The molecule has 8 nitrogen and oxygen atoms in total. The lowest BCUT2D eigenvalue weighted by Crippen LogP contribution is -2.25. The van der Waals surface area contributed by atoms with E-state index in [1.165, 1.54) is 6.20 Å². The number of anilines is 1. The lowest BCUT2D eigenvalue weighted by atomic mass is 10.2. The molecular formula is C20H23N3O5. The number of carbonyl (C=O) groups is 3. The number of aromatic nitrogens is 1. The number of carboxylic acids is 1. The van der Waals surface area contributed by atoms with E-state index < -0.39 is 5.97 Å². The predicted octanol–water partition coefficient (Wildman–Crippen LogP) is 2.72. The van der Waals surface area contributed by atoms with Gasteiger partial charge in [-0.15, -0.1) is 0 Å². The van der Waals surface area contributed by atoms with E-state index in [0.717, 1.165) is 6.42 Å². The average Bonchev–Trinajstić information content (AvgIpc) is 2.68. The number of pyridine rings is 1. The van der Waals surface area contributed by atoms with Crippen molar-refractivity contribution in [2.24, 2.45) is 0 Å². The number of aliphatic carboxylic acids is 1. The minimum atomic E-state index is -0.979. The second-order valence-corrected chi connectivity index (χ2v) is 6.15. The van der Waals surface area contributed by atoms with Crippen LogP contribution in [-0.2, 0) is 4.79 Å². The molecule has 1 aromatic carbocycles. The van der Waals surface area contributed by atoms with Crippen molar-refractivity contribution >= 4 is 23.5 Å². The van der Waals surface area contributed by atoms with Gasteiger partial charge >= 0.3 is 5.97 Å². The van der Waals surface area contributed by atoms with Crippen LogP contribution in [0.25, 0.3) is 0 Å². The van der Waals surface area contributed by atoms with Crippen LogP contribution in [0, 0.1) is 0 Å². The standard InChI is InChI=1S/C20H23N3O5/c1-3-13(2)28-17-12-15(8-10-21-17)20(27)23-16-6-4-14(5-7-16)19(26)22-11-9-18(24)25/h4-8,10,12-13H,3,9,11H2,1-2H3,(H,22,26)(H,23,27)(H,24,25). The van der Waals surface area contributed by atoms with Crippen molar-refractivity contribution in [3.05, 3.63) is 53.7 Å². The second-order valence-electron chi connectivity index (χ2n) is 6.15. The Hall–Kier alpha value is -3.42. The fraction of sp³-hybridized carbons (Fsp3) is 0.300. The molecule has 1 aromatic heterocycles.